The summed E-state index contributed by atoms with van der Waals surface area (Å²) in [4.78, 5) is 2.21. The van der Waals surface area contributed by atoms with Gasteiger partial charge in [-0.1, -0.05) is 24.3 Å². The lowest BCUT2D eigenvalue weighted by molar-refractivity contribution is 0.151. The molecule has 0 atom stereocenters. The number of rotatable bonds is 4. The average molecular weight is 407 g/mol. The minimum absolute atomic E-state index is 0.276. The van der Waals surface area contributed by atoms with Crippen molar-refractivity contribution in [2.75, 3.05) is 26.2 Å². The first-order valence-corrected chi connectivity index (χ1v) is 10.4. The summed E-state index contributed by atoms with van der Waals surface area (Å²) >= 11 is 5.30. The number of nitrogens with zero attached hydrogens (tertiary/aromatic N) is 3. The third-order valence-electron chi connectivity index (χ3n) is 4.70. The third kappa shape index (κ3) is 3.43. The molecule has 4 rings (SSSR count). The molecule has 27 heavy (non-hydrogen) atoms. The quantitative estimate of drug-likeness (QED) is 0.622. The van der Waals surface area contributed by atoms with E-state index in [4.69, 9.17) is 16.6 Å². The second kappa shape index (κ2) is 7.16. The van der Waals surface area contributed by atoms with Crippen LogP contribution in [0.25, 0.3) is 11.1 Å². The summed E-state index contributed by atoms with van der Waals surface area (Å²) in [5.41, 5.74) is 1.63. The van der Waals surface area contributed by atoms with Crippen molar-refractivity contribution in [3.05, 3.63) is 59.2 Å². The zero-order chi connectivity index (χ0) is 19.0. The average Bonchev–Trinajstić information content (AvgIpc) is 2.98. The first kappa shape index (κ1) is 18.3. The van der Waals surface area contributed by atoms with E-state index < -0.39 is 15.8 Å². The van der Waals surface area contributed by atoms with E-state index in [1.807, 2.05) is 28.8 Å². The minimum Gasteiger partial charge on any atom is -0.429 e. The monoisotopic (exact) mass is 407 g/mol. The van der Waals surface area contributed by atoms with Crippen LogP contribution in [0.2, 0.25) is 0 Å². The van der Waals surface area contributed by atoms with Gasteiger partial charge in [0.1, 0.15) is 10.7 Å². The van der Waals surface area contributed by atoms with Crippen molar-refractivity contribution < 1.29 is 17.2 Å². The summed E-state index contributed by atoms with van der Waals surface area (Å²) in [6.45, 7) is 2.15. The SMILES string of the molecule is O=S(=O)(c1ccccc1F)N1CCN(Cn2c(=S)oc3ccccc32)CC1. The summed E-state index contributed by atoms with van der Waals surface area (Å²) in [6.07, 6.45) is 0. The maximum atomic E-state index is 13.9. The molecule has 0 N–H and O–H groups in total. The summed E-state index contributed by atoms with van der Waals surface area (Å²) in [7, 11) is -3.84. The van der Waals surface area contributed by atoms with Crippen LogP contribution in [0.15, 0.2) is 57.8 Å². The molecule has 0 bridgehead atoms. The van der Waals surface area contributed by atoms with Crippen LogP contribution in [0, 0.1) is 10.7 Å². The fourth-order valence-electron chi connectivity index (χ4n) is 3.25. The van der Waals surface area contributed by atoms with Crippen LogP contribution in [-0.2, 0) is 16.7 Å². The van der Waals surface area contributed by atoms with Gasteiger partial charge in [0.25, 0.3) is 4.84 Å². The number of oxazole rings is 1. The number of piperazine rings is 1. The van der Waals surface area contributed by atoms with Gasteiger partial charge in [-0.15, -0.1) is 0 Å². The molecule has 0 amide bonds. The summed E-state index contributed by atoms with van der Waals surface area (Å²) in [6, 6.07) is 13.1. The third-order valence-corrected chi connectivity index (χ3v) is 6.94. The molecule has 3 aromatic rings. The molecular weight excluding hydrogens is 389 g/mol. The topological polar surface area (TPSA) is 58.7 Å². The zero-order valence-corrected chi connectivity index (χ0v) is 16.0. The summed E-state index contributed by atoms with van der Waals surface area (Å²) < 4.78 is 48.1. The number of halogens is 1. The number of sulfonamides is 1. The lowest BCUT2D eigenvalue weighted by Gasteiger charge is -2.34. The predicted molar refractivity (Wildman–Crippen MR) is 102 cm³/mol. The highest BCUT2D eigenvalue weighted by Gasteiger charge is 2.30. The van der Waals surface area contributed by atoms with Crippen molar-refractivity contribution in [1.29, 1.82) is 0 Å². The lowest BCUT2D eigenvalue weighted by Crippen LogP contribution is -2.48. The Balaban J connectivity index is 1.49. The van der Waals surface area contributed by atoms with E-state index in [-0.39, 0.29) is 4.90 Å². The first-order valence-electron chi connectivity index (χ1n) is 8.52. The van der Waals surface area contributed by atoms with Gasteiger partial charge in [-0.2, -0.15) is 4.31 Å². The van der Waals surface area contributed by atoms with Gasteiger partial charge in [-0.25, -0.2) is 12.8 Å². The van der Waals surface area contributed by atoms with Crippen molar-refractivity contribution >= 4 is 33.3 Å². The Morgan fingerprint density at radius 2 is 1.67 bits per heavy atom. The smallest absolute Gasteiger partial charge is 0.270 e. The van der Waals surface area contributed by atoms with E-state index in [1.165, 1.54) is 22.5 Å². The molecule has 142 valence electrons. The molecule has 1 aliphatic rings. The molecule has 0 unspecified atom stereocenters. The van der Waals surface area contributed by atoms with Gasteiger partial charge in [0, 0.05) is 26.2 Å². The van der Waals surface area contributed by atoms with Crippen molar-refractivity contribution in [1.82, 2.24) is 13.8 Å². The number of hydrogen-bond donors (Lipinski definition) is 0. The Morgan fingerprint density at radius 3 is 2.41 bits per heavy atom. The summed E-state index contributed by atoms with van der Waals surface area (Å²) in [5.74, 6) is -0.726. The van der Waals surface area contributed by atoms with Gasteiger partial charge in [0.15, 0.2) is 5.58 Å². The summed E-state index contributed by atoms with van der Waals surface area (Å²) in [5, 5.41) is 0. The van der Waals surface area contributed by atoms with Gasteiger partial charge in [-0.05, 0) is 36.5 Å². The molecule has 1 aliphatic heterocycles. The molecule has 1 fully saturated rings. The maximum absolute atomic E-state index is 13.9. The Hall–Kier alpha value is -2.07. The molecule has 0 spiro atoms. The minimum atomic E-state index is -3.84. The Morgan fingerprint density at radius 1 is 1.00 bits per heavy atom. The standard InChI is InChI=1S/C18H18FN3O3S2/c19-14-5-1-4-8-17(14)27(23,24)21-11-9-20(10-12-21)13-22-15-6-2-3-7-16(15)25-18(22)26/h1-8H,9-13H2. The predicted octanol–water partition coefficient (Wildman–Crippen LogP) is 3.07. The molecule has 2 heterocycles. The van der Waals surface area contributed by atoms with Crippen molar-refractivity contribution in [2.24, 2.45) is 0 Å². The highest BCUT2D eigenvalue weighted by Crippen LogP contribution is 2.22. The Labute approximate surface area is 161 Å². The molecule has 9 heteroatoms. The maximum Gasteiger partial charge on any atom is 0.270 e. The highest BCUT2D eigenvalue weighted by atomic mass is 32.2. The molecule has 0 saturated carbocycles. The number of hydrogen-bond acceptors (Lipinski definition) is 5. The Bertz CT molecular complexity index is 1130. The van der Waals surface area contributed by atoms with Crippen LogP contribution >= 0.6 is 12.2 Å². The highest BCUT2D eigenvalue weighted by molar-refractivity contribution is 7.89. The van der Waals surface area contributed by atoms with E-state index in [0.29, 0.717) is 37.7 Å². The van der Waals surface area contributed by atoms with Gasteiger partial charge < -0.3 is 4.42 Å². The number of aromatic nitrogens is 1. The van der Waals surface area contributed by atoms with E-state index >= 15 is 0 Å². The van der Waals surface area contributed by atoms with Gasteiger partial charge in [0.05, 0.1) is 12.2 Å². The van der Waals surface area contributed by atoms with Crippen molar-refractivity contribution in [2.45, 2.75) is 11.6 Å². The van der Waals surface area contributed by atoms with Crippen LogP contribution < -0.4 is 0 Å². The van der Waals surface area contributed by atoms with Crippen LogP contribution in [-0.4, -0.2) is 48.4 Å². The molecule has 0 aliphatic carbocycles. The van der Waals surface area contributed by atoms with Gasteiger partial charge in [-0.3, -0.25) is 9.47 Å². The Kier molecular flexibility index (Phi) is 4.85. The fourth-order valence-corrected chi connectivity index (χ4v) is 4.99. The van der Waals surface area contributed by atoms with Crippen molar-refractivity contribution in [3.63, 3.8) is 0 Å². The van der Waals surface area contributed by atoms with Crippen LogP contribution in [0.4, 0.5) is 4.39 Å². The first-order chi connectivity index (χ1) is 13.0. The second-order valence-electron chi connectivity index (χ2n) is 6.36. The molecule has 6 nitrogen and oxygen atoms in total. The van der Waals surface area contributed by atoms with Crippen LogP contribution in [0.5, 0.6) is 0 Å². The van der Waals surface area contributed by atoms with E-state index in [1.54, 1.807) is 0 Å². The number of benzene rings is 2. The van der Waals surface area contributed by atoms with E-state index in [2.05, 4.69) is 4.90 Å². The molecular formula is C18H18FN3O3S2. The molecule has 1 aromatic heterocycles. The van der Waals surface area contributed by atoms with Crippen molar-refractivity contribution in [3.8, 4) is 0 Å². The van der Waals surface area contributed by atoms with E-state index in [0.717, 1.165) is 17.2 Å². The lowest BCUT2D eigenvalue weighted by atomic mass is 10.3. The normalized spacial score (nSPS) is 16.8. The molecule has 0 radical (unpaired) electrons. The number of para-hydroxylation sites is 2. The number of fused-ring (bicyclic) bond motifs is 1. The molecule has 1 saturated heterocycles. The molecule has 2 aromatic carbocycles. The van der Waals surface area contributed by atoms with E-state index in [9.17, 15) is 12.8 Å². The van der Waals surface area contributed by atoms with Crippen LogP contribution in [0.1, 0.15) is 0 Å². The zero-order valence-electron chi connectivity index (χ0n) is 14.4. The van der Waals surface area contributed by atoms with Crippen LogP contribution in [0.3, 0.4) is 0 Å². The van der Waals surface area contributed by atoms with Gasteiger partial charge >= 0.3 is 0 Å². The largest absolute Gasteiger partial charge is 0.429 e. The fraction of sp³-hybridized carbons (Fsp3) is 0.278. The second-order valence-corrected chi connectivity index (χ2v) is 8.61. The van der Waals surface area contributed by atoms with Gasteiger partial charge in [0.2, 0.25) is 10.0 Å².